The van der Waals surface area contributed by atoms with Crippen LogP contribution >= 0.6 is 15.9 Å². The van der Waals surface area contributed by atoms with Gasteiger partial charge in [0.15, 0.2) is 11.5 Å². The molecule has 0 saturated heterocycles. The first-order chi connectivity index (χ1) is 14.1. The average molecular weight is 496 g/mol. The van der Waals surface area contributed by atoms with Crippen LogP contribution in [0.2, 0.25) is 0 Å². The Kier molecular flexibility index (Phi) is 5.99. The van der Waals surface area contributed by atoms with E-state index in [1.165, 1.54) is 9.47 Å². The number of aromatic nitrogens is 4. The molecule has 2 heterocycles. The van der Waals surface area contributed by atoms with Crippen LogP contribution in [0.5, 0.6) is 0 Å². The Morgan fingerprint density at radius 2 is 1.90 bits per heavy atom. The third-order valence-electron chi connectivity index (χ3n) is 4.72. The number of nitrogen functional groups attached to an aromatic ring is 1. The fourth-order valence-corrected chi connectivity index (χ4v) is 3.83. The molecule has 0 radical (unpaired) electrons. The van der Waals surface area contributed by atoms with Crippen molar-refractivity contribution >= 4 is 48.7 Å². The zero-order valence-corrected chi connectivity index (χ0v) is 19.2. The number of nitrogens with two attached hydrogens (primary N) is 1. The first kappa shape index (κ1) is 22.0. The van der Waals surface area contributed by atoms with Crippen molar-refractivity contribution in [3.8, 4) is 0 Å². The van der Waals surface area contributed by atoms with Crippen LogP contribution in [0.3, 0.4) is 0 Å². The maximum Gasteiger partial charge on any atom is 0.339 e. The molecule has 0 aliphatic rings. The molecule has 3 aromatic rings. The Labute approximate surface area is 181 Å². The first-order valence-corrected chi connectivity index (χ1v) is 11.7. The molecule has 0 aliphatic carbocycles. The number of anilines is 1. The van der Waals surface area contributed by atoms with Gasteiger partial charge in [-0.25, -0.2) is 28.1 Å². The lowest BCUT2D eigenvalue weighted by Crippen LogP contribution is -2.38. The highest BCUT2D eigenvalue weighted by Gasteiger charge is 2.26. The van der Waals surface area contributed by atoms with Gasteiger partial charge >= 0.3 is 11.7 Å². The Morgan fingerprint density at radius 1 is 1.27 bits per heavy atom. The zero-order chi connectivity index (χ0) is 22.2. The normalized spacial score (nSPS) is 13.3. The molecule has 0 fully saturated rings. The number of rotatable bonds is 5. The third-order valence-corrected chi connectivity index (χ3v) is 6.84. The van der Waals surface area contributed by atoms with Crippen LogP contribution in [0.1, 0.15) is 19.4 Å². The van der Waals surface area contributed by atoms with Crippen LogP contribution in [0.4, 0.5) is 10.6 Å². The fourth-order valence-electron chi connectivity index (χ4n) is 2.82. The molecule has 12 heteroatoms. The Balaban J connectivity index is 2.34. The molecule has 10 nitrogen and oxygen atoms in total. The lowest BCUT2D eigenvalue weighted by Gasteiger charge is -2.14. The summed E-state index contributed by atoms with van der Waals surface area (Å²) in [5, 5.41) is -0.256. The Bertz CT molecular complexity index is 1280. The van der Waals surface area contributed by atoms with Crippen LogP contribution in [0, 0.1) is 4.78 Å². The number of imidazole rings is 1. The van der Waals surface area contributed by atoms with Gasteiger partial charge in [-0.15, -0.1) is 0 Å². The van der Waals surface area contributed by atoms with Crippen molar-refractivity contribution in [3.63, 3.8) is 0 Å². The van der Waals surface area contributed by atoms with E-state index in [1.54, 1.807) is 20.9 Å². The van der Waals surface area contributed by atoms with Crippen molar-refractivity contribution < 1.29 is 9.00 Å². The second-order valence-corrected chi connectivity index (χ2v) is 9.86. The highest BCUT2D eigenvalue weighted by Crippen LogP contribution is 2.22. The summed E-state index contributed by atoms with van der Waals surface area (Å²) in [7, 11) is -1.72. The summed E-state index contributed by atoms with van der Waals surface area (Å²) >= 11 is 3.37. The SMILES string of the molecule is CCN(C)C(=O)n1c(=O)n(Cc2ccc(Br)cc2)c2nc([S@](=N)(=O)CC)nc(N)c21. The highest BCUT2D eigenvalue weighted by atomic mass is 79.9. The van der Waals surface area contributed by atoms with Gasteiger partial charge in [-0.2, -0.15) is 4.98 Å². The number of hydrogen-bond donors (Lipinski definition) is 2. The van der Waals surface area contributed by atoms with Gasteiger partial charge in [0.05, 0.1) is 6.54 Å². The molecule has 0 spiro atoms. The zero-order valence-electron chi connectivity index (χ0n) is 16.8. The predicted octanol–water partition coefficient (Wildman–Crippen LogP) is 2.33. The number of nitrogens with zero attached hydrogens (tertiary/aromatic N) is 5. The number of hydrogen-bond acceptors (Lipinski definition) is 7. The molecule has 0 bridgehead atoms. The van der Waals surface area contributed by atoms with Gasteiger partial charge < -0.3 is 10.6 Å². The fraction of sp³-hybridized carbons (Fsp3) is 0.333. The molecule has 0 unspecified atom stereocenters. The molecule has 1 aromatic carbocycles. The smallest absolute Gasteiger partial charge is 0.339 e. The molecule has 0 saturated carbocycles. The lowest BCUT2D eigenvalue weighted by molar-refractivity contribution is 0.212. The van der Waals surface area contributed by atoms with E-state index in [2.05, 4.69) is 25.9 Å². The molecule has 3 N–H and O–H groups in total. The molecule has 3 rings (SSSR count). The minimum Gasteiger partial charge on any atom is -0.382 e. The highest BCUT2D eigenvalue weighted by molar-refractivity contribution is 9.10. The van der Waals surface area contributed by atoms with Crippen molar-refractivity contribution in [2.24, 2.45) is 0 Å². The average Bonchev–Trinajstić information content (AvgIpc) is 3.00. The minimum atomic E-state index is -3.28. The molecular weight excluding hydrogens is 474 g/mol. The number of benzene rings is 1. The first-order valence-electron chi connectivity index (χ1n) is 9.15. The molecule has 2 aromatic heterocycles. The summed E-state index contributed by atoms with van der Waals surface area (Å²) in [6.45, 7) is 3.84. The van der Waals surface area contributed by atoms with E-state index in [9.17, 15) is 13.8 Å². The van der Waals surface area contributed by atoms with Gasteiger partial charge in [0, 0.05) is 23.8 Å². The van der Waals surface area contributed by atoms with E-state index in [-0.39, 0.29) is 34.4 Å². The van der Waals surface area contributed by atoms with Gasteiger partial charge in [0.2, 0.25) is 5.16 Å². The van der Waals surface area contributed by atoms with Crippen LogP contribution in [-0.4, -0.2) is 53.6 Å². The quantitative estimate of drug-likeness (QED) is 0.520. The van der Waals surface area contributed by atoms with Crippen LogP contribution in [-0.2, 0) is 16.3 Å². The number of halogens is 1. The van der Waals surface area contributed by atoms with Crippen LogP contribution in [0.25, 0.3) is 11.2 Å². The number of nitrogens with one attached hydrogen (secondary N) is 1. The molecule has 1 amide bonds. The van der Waals surface area contributed by atoms with E-state index >= 15 is 0 Å². The Morgan fingerprint density at radius 3 is 2.47 bits per heavy atom. The van der Waals surface area contributed by atoms with Crippen molar-refractivity contribution in [3.05, 3.63) is 44.8 Å². The lowest BCUT2D eigenvalue weighted by atomic mass is 10.2. The van der Waals surface area contributed by atoms with E-state index in [4.69, 9.17) is 10.5 Å². The van der Waals surface area contributed by atoms with Gasteiger partial charge in [0.1, 0.15) is 15.2 Å². The topological polar surface area (TPSA) is 140 Å². The summed E-state index contributed by atoms with van der Waals surface area (Å²) in [5.41, 5.74) is 6.33. The van der Waals surface area contributed by atoms with Crippen molar-refractivity contribution in [1.29, 1.82) is 4.78 Å². The summed E-state index contributed by atoms with van der Waals surface area (Å²) in [6.07, 6.45) is 0. The largest absolute Gasteiger partial charge is 0.382 e. The second-order valence-electron chi connectivity index (χ2n) is 6.65. The maximum atomic E-state index is 13.2. The number of carbonyl (C=O) groups is 1. The summed E-state index contributed by atoms with van der Waals surface area (Å²) in [4.78, 5) is 35.7. The molecular formula is C18H22BrN7O3S. The van der Waals surface area contributed by atoms with Gasteiger partial charge in [-0.1, -0.05) is 35.0 Å². The minimum absolute atomic E-state index is 0.00684. The molecule has 160 valence electrons. The molecule has 1 atom stereocenters. The van der Waals surface area contributed by atoms with Crippen molar-refractivity contribution in [1.82, 2.24) is 24.0 Å². The standard InChI is InChI=1S/C18H22BrN7O3S/c1-4-24(3)17(27)26-13-14(20)22-16(30(21,29)5-2)23-15(13)25(18(26)28)10-11-6-8-12(19)9-7-11/h6-9,21H,4-5,10H2,1-3H3,(H2,20,22,23)/t30-/m1/s1. The van der Waals surface area contributed by atoms with E-state index < -0.39 is 21.4 Å². The summed E-state index contributed by atoms with van der Waals surface area (Å²) in [5.74, 6) is -0.180. The maximum absolute atomic E-state index is 13.2. The number of carbonyl (C=O) groups excluding carboxylic acids is 1. The van der Waals surface area contributed by atoms with Gasteiger partial charge in [-0.05, 0) is 24.6 Å². The van der Waals surface area contributed by atoms with E-state index in [1.807, 2.05) is 24.3 Å². The second kappa shape index (κ2) is 8.19. The van der Waals surface area contributed by atoms with Crippen LogP contribution in [0.15, 0.2) is 38.7 Å². The summed E-state index contributed by atoms with van der Waals surface area (Å²) in [6, 6.07) is 6.73. The third kappa shape index (κ3) is 3.84. The van der Waals surface area contributed by atoms with Crippen molar-refractivity contribution in [2.75, 3.05) is 25.1 Å². The summed E-state index contributed by atoms with van der Waals surface area (Å²) < 4.78 is 23.7. The van der Waals surface area contributed by atoms with Crippen LogP contribution < -0.4 is 11.4 Å². The molecule has 30 heavy (non-hydrogen) atoms. The van der Waals surface area contributed by atoms with E-state index in [0.29, 0.717) is 6.54 Å². The molecule has 0 aliphatic heterocycles. The predicted molar refractivity (Wildman–Crippen MR) is 118 cm³/mol. The monoisotopic (exact) mass is 495 g/mol. The number of amides is 1. The number of fused-ring (bicyclic) bond motifs is 1. The van der Waals surface area contributed by atoms with Gasteiger partial charge in [-0.3, -0.25) is 4.57 Å². The van der Waals surface area contributed by atoms with Gasteiger partial charge in [0.25, 0.3) is 0 Å². The van der Waals surface area contributed by atoms with E-state index in [0.717, 1.165) is 14.6 Å². The Hall–Kier alpha value is -2.73. The van der Waals surface area contributed by atoms with Crippen molar-refractivity contribution in [2.45, 2.75) is 25.5 Å².